The van der Waals surface area contributed by atoms with Crippen LogP contribution in [0.4, 0.5) is 0 Å². The largest absolute Gasteiger partial charge is 0.497 e. The monoisotopic (exact) mass is 353 g/mol. The first-order valence-electron chi connectivity index (χ1n) is 9.02. The predicted molar refractivity (Wildman–Crippen MR) is 103 cm³/mol. The van der Waals surface area contributed by atoms with Crippen molar-refractivity contribution in [3.63, 3.8) is 0 Å². The highest BCUT2D eigenvalue weighted by atomic mass is 16.5. The molecule has 6 heteroatoms. The molecule has 3 aromatic rings. The molecule has 0 bridgehead atoms. The first kappa shape index (κ1) is 18.2. The molecule has 0 saturated heterocycles. The Morgan fingerprint density at radius 2 is 1.92 bits per heavy atom. The van der Waals surface area contributed by atoms with Crippen LogP contribution in [0.5, 0.6) is 5.75 Å². The Hall–Kier alpha value is -2.60. The SMILES string of the molecule is CCN(Cc1cnn(C(C)C)c1)Cc1cn[nH]c1-c1ccc(OC)cc1. The summed E-state index contributed by atoms with van der Waals surface area (Å²) in [5, 5.41) is 11.8. The molecule has 0 fully saturated rings. The van der Waals surface area contributed by atoms with Crippen LogP contribution in [0.15, 0.2) is 42.9 Å². The van der Waals surface area contributed by atoms with Crippen LogP contribution >= 0.6 is 0 Å². The summed E-state index contributed by atoms with van der Waals surface area (Å²) in [4.78, 5) is 2.39. The summed E-state index contributed by atoms with van der Waals surface area (Å²) >= 11 is 0. The van der Waals surface area contributed by atoms with E-state index in [4.69, 9.17) is 4.74 Å². The van der Waals surface area contributed by atoms with Crippen molar-refractivity contribution in [2.75, 3.05) is 13.7 Å². The summed E-state index contributed by atoms with van der Waals surface area (Å²) in [6.07, 6.45) is 6.01. The van der Waals surface area contributed by atoms with Crippen molar-refractivity contribution in [2.45, 2.75) is 39.9 Å². The minimum Gasteiger partial charge on any atom is -0.497 e. The number of nitrogens with one attached hydrogen (secondary N) is 1. The van der Waals surface area contributed by atoms with Crippen LogP contribution < -0.4 is 4.74 Å². The highest BCUT2D eigenvalue weighted by molar-refractivity contribution is 5.63. The van der Waals surface area contributed by atoms with E-state index in [1.165, 1.54) is 11.1 Å². The van der Waals surface area contributed by atoms with Gasteiger partial charge in [0, 0.05) is 42.0 Å². The Morgan fingerprint density at radius 1 is 1.15 bits per heavy atom. The zero-order valence-corrected chi connectivity index (χ0v) is 15.9. The van der Waals surface area contributed by atoms with E-state index in [9.17, 15) is 0 Å². The topological polar surface area (TPSA) is 59.0 Å². The number of benzene rings is 1. The van der Waals surface area contributed by atoms with E-state index in [0.29, 0.717) is 6.04 Å². The molecule has 0 unspecified atom stereocenters. The van der Waals surface area contributed by atoms with Crippen LogP contribution in [-0.2, 0) is 13.1 Å². The highest BCUT2D eigenvalue weighted by Gasteiger charge is 2.13. The third-order valence-electron chi connectivity index (χ3n) is 4.53. The number of hydrogen-bond donors (Lipinski definition) is 1. The lowest BCUT2D eigenvalue weighted by molar-refractivity contribution is 0.271. The van der Waals surface area contributed by atoms with Crippen LogP contribution in [0.2, 0.25) is 0 Å². The lowest BCUT2D eigenvalue weighted by Crippen LogP contribution is -2.22. The molecule has 0 amide bonds. The third-order valence-corrected chi connectivity index (χ3v) is 4.53. The molecule has 0 aliphatic rings. The Morgan fingerprint density at radius 3 is 2.54 bits per heavy atom. The van der Waals surface area contributed by atoms with Gasteiger partial charge >= 0.3 is 0 Å². The van der Waals surface area contributed by atoms with Crippen molar-refractivity contribution in [1.29, 1.82) is 0 Å². The summed E-state index contributed by atoms with van der Waals surface area (Å²) in [5.74, 6) is 0.854. The van der Waals surface area contributed by atoms with Gasteiger partial charge in [-0.2, -0.15) is 10.2 Å². The first-order valence-corrected chi connectivity index (χ1v) is 9.02. The standard InChI is InChI=1S/C20H27N5O/c1-5-24(12-16-10-22-25(13-16)15(2)3)14-18-11-21-23-20(18)17-6-8-19(26-4)9-7-17/h6-11,13,15H,5,12,14H2,1-4H3,(H,21,23). The van der Waals surface area contributed by atoms with Crippen molar-refractivity contribution in [1.82, 2.24) is 24.9 Å². The molecular formula is C20H27N5O. The van der Waals surface area contributed by atoms with Gasteiger partial charge in [0.2, 0.25) is 0 Å². The Balaban J connectivity index is 1.73. The molecule has 0 radical (unpaired) electrons. The van der Waals surface area contributed by atoms with Gasteiger partial charge in [0.1, 0.15) is 5.75 Å². The van der Waals surface area contributed by atoms with Gasteiger partial charge in [-0.3, -0.25) is 14.7 Å². The molecule has 3 rings (SSSR count). The maximum atomic E-state index is 5.24. The van der Waals surface area contributed by atoms with Crippen molar-refractivity contribution < 1.29 is 4.74 Å². The number of H-pyrrole nitrogens is 1. The van der Waals surface area contributed by atoms with E-state index in [2.05, 4.69) is 59.3 Å². The summed E-state index contributed by atoms with van der Waals surface area (Å²) in [5.41, 5.74) is 4.59. The first-order chi connectivity index (χ1) is 12.6. The molecule has 1 N–H and O–H groups in total. The van der Waals surface area contributed by atoms with Gasteiger partial charge in [0.05, 0.1) is 25.2 Å². The van der Waals surface area contributed by atoms with Crippen molar-refractivity contribution in [2.24, 2.45) is 0 Å². The van der Waals surface area contributed by atoms with Gasteiger partial charge in [0.15, 0.2) is 0 Å². The molecule has 0 aliphatic heterocycles. The fourth-order valence-corrected chi connectivity index (χ4v) is 2.96. The minimum atomic E-state index is 0.384. The molecule has 0 spiro atoms. The number of nitrogens with zero attached hydrogens (tertiary/aromatic N) is 4. The molecule has 2 heterocycles. The number of ether oxygens (including phenoxy) is 1. The maximum Gasteiger partial charge on any atom is 0.118 e. The zero-order chi connectivity index (χ0) is 18.5. The highest BCUT2D eigenvalue weighted by Crippen LogP contribution is 2.25. The lowest BCUT2D eigenvalue weighted by atomic mass is 10.1. The average molecular weight is 353 g/mol. The zero-order valence-electron chi connectivity index (χ0n) is 15.9. The van der Waals surface area contributed by atoms with E-state index in [0.717, 1.165) is 36.6 Å². The number of rotatable bonds is 8. The quantitative estimate of drug-likeness (QED) is 0.667. The van der Waals surface area contributed by atoms with E-state index < -0.39 is 0 Å². The molecule has 6 nitrogen and oxygen atoms in total. The Kier molecular flexibility index (Phi) is 5.73. The number of methoxy groups -OCH3 is 1. The van der Waals surface area contributed by atoms with Gasteiger partial charge in [-0.05, 0) is 44.7 Å². The molecule has 0 saturated carbocycles. The van der Waals surface area contributed by atoms with Crippen molar-refractivity contribution in [3.8, 4) is 17.0 Å². The number of aromatic amines is 1. The van der Waals surface area contributed by atoms with E-state index >= 15 is 0 Å². The Labute approximate surface area is 154 Å². The fourth-order valence-electron chi connectivity index (χ4n) is 2.96. The van der Waals surface area contributed by atoms with Crippen LogP contribution in [0.3, 0.4) is 0 Å². The summed E-state index contributed by atoms with van der Waals surface area (Å²) in [6, 6.07) is 8.43. The third kappa shape index (κ3) is 4.14. The second kappa shape index (κ2) is 8.19. The summed E-state index contributed by atoms with van der Waals surface area (Å²) in [6.45, 7) is 9.12. The van der Waals surface area contributed by atoms with Crippen LogP contribution in [0.25, 0.3) is 11.3 Å². The number of hydrogen-bond acceptors (Lipinski definition) is 4. The van der Waals surface area contributed by atoms with Crippen molar-refractivity contribution in [3.05, 3.63) is 54.0 Å². The number of aromatic nitrogens is 4. The molecule has 26 heavy (non-hydrogen) atoms. The van der Waals surface area contributed by atoms with Gasteiger partial charge < -0.3 is 4.74 Å². The van der Waals surface area contributed by atoms with E-state index in [1.807, 2.05) is 29.2 Å². The van der Waals surface area contributed by atoms with Crippen LogP contribution in [-0.4, -0.2) is 38.5 Å². The average Bonchev–Trinajstić information content (AvgIpc) is 3.31. The molecule has 2 aromatic heterocycles. The maximum absolute atomic E-state index is 5.24. The molecular weight excluding hydrogens is 326 g/mol. The second-order valence-electron chi connectivity index (χ2n) is 6.72. The van der Waals surface area contributed by atoms with Crippen LogP contribution in [0.1, 0.15) is 37.9 Å². The molecule has 1 aromatic carbocycles. The fraction of sp³-hybridized carbons (Fsp3) is 0.400. The molecule has 138 valence electrons. The minimum absolute atomic E-state index is 0.384. The molecule has 0 aliphatic carbocycles. The van der Waals surface area contributed by atoms with E-state index in [-0.39, 0.29) is 0 Å². The molecule has 0 atom stereocenters. The van der Waals surface area contributed by atoms with Gasteiger partial charge in [-0.1, -0.05) is 6.92 Å². The lowest BCUT2D eigenvalue weighted by Gasteiger charge is -2.19. The second-order valence-corrected chi connectivity index (χ2v) is 6.72. The van der Waals surface area contributed by atoms with E-state index in [1.54, 1.807) is 7.11 Å². The summed E-state index contributed by atoms with van der Waals surface area (Å²) in [7, 11) is 1.68. The van der Waals surface area contributed by atoms with Crippen molar-refractivity contribution >= 4 is 0 Å². The Bertz CT molecular complexity index is 819. The van der Waals surface area contributed by atoms with Crippen LogP contribution in [0, 0.1) is 0 Å². The van der Waals surface area contributed by atoms with Gasteiger partial charge in [-0.15, -0.1) is 0 Å². The predicted octanol–water partition coefficient (Wildman–Crippen LogP) is 3.88. The summed E-state index contributed by atoms with van der Waals surface area (Å²) < 4.78 is 7.25. The van der Waals surface area contributed by atoms with Gasteiger partial charge in [-0.25, -0.2) is 0 Å². The van der Waals surface area contributed by atoms with Gasteiger partial charge in [0.25, 0.3) is 0 Å². The smallest absolute Gasteiger partial charge is 0.118 e. The normalized spacial score (nSPS) is 11.5.